The predicted octanol–water partition coefficient (Wildman–Crippen LogP) is 3.01. The summed E-state index contributed by atoms with van der Waals surface area (Å²) >= 11 is 0. The second kappa shape index (κ2) is 5.98. The first-order chi connectivity index (χ1) is 8.74. The molecule has 1 saturated carbocycles. The molecule has 2 atom stereocenters. The Hall–Kier alpha value is -1.39. The highest BCUT2D eigenvalue weighted by molar-refractivity contribution is 5.27. The number of aromatic nitrogens is 2. The molecule has 4 nitrogen and oxygen atoms in total. The maximum absolute atomic E-state index is 13.6. The average Bonchev–Trinajstić information content (AvgIpc) is 2.42. The minimum atomic E-state index is -0.491. The highest BCUT2D eigenvalue weighted by Gasteiger charge is 2.26. The minimum absolute atomic E-state index is 0.0692. The molecule has 18 heavy (non-hydrogen) atoms. The van der Waals surface area contributed by atoms with Gasteiger partial charge in [0.1, 0.15) is 6.10 Å². The van der Waals surface area contributed by atoms with Gasteiger partial charge in [-0.15, -0.1) is 0 Å². The quantitative estimate of drug-likeness (QED) is 0.896. The second-order valence-electron chi connectivity index (χ2n) is 4.71. The predicted molar refractivity (Wildman–Crippen MR) is 68.2 cm³/mol. The van der Waals surface area contributed by atoms with Crippen molar-refractivity contribution in [3.8, 4) is 5.88 Å². The van der Waals surface area contributed by atoms with E-state index in [-0.39, 0.29) is 12.0 Å². The van der Waals surface area contributed by atoms with Gasteiger partial charge in [-0.2, -0.15) is 9.37 Å². The van der Waals surface area contributed by atoms with Gasteiger partial charge in [0.2, 0.25) is 11.8 Å². The Morgan fingerprint density at radius 2 is 2.22 bits per heavy atom. The molecule has 1 N–H and O–H groups in total. The number of nitrogens with one attached hydrogen (secondary N) is 1. The Morgan fingerprint density at radius 1 is 1.44 bits per heavy atom. The number of anilines is 1. The van der Waals surface area contributed by atoms with E-state index in [0.717, 1.165) is 31.9 Å². The Morgan fingerprint density at radius 3 is 2.94 bits per heavy atom. The normalized spacial score (nSPS) is 23.7. The van der Waals surface area contributed by atoms with Gasteiger partial charge in [-0.05, 0) is 31.6 Å². The van der Waals surface area contributed by atoms with Gasteiger partial charge in [0.15, 0.2) is 0 Å². The van der Waals surface area contributed by atoms with Gasteiger partial charge in [0, 0.05) is 7.05 Å². The number of hydrogen-bond donors (Lipinski definition) is 1. The van der Waals surface area contributed by atoms with E-state index < -0.39 is 5.82 Å². The lowest BCUT2D eigenvalue weighted by Gasteiger charge is -2.30. The lowest BCUT2D eigenvalue weighted by atomic mass is 9.85. The smallest absolute Gasteiger partial charge is 0.255 e. The van der Waals surface area contributed by atoms with E-state index in [9.17, 15) is 4.39 Å². The number of ether oxygens (including phenoxy) is 1. The number of hydrogen-bond acceptors (Lipinski definition) is 4. The summed E-state index contributed by atoms with van der Waals surface area (Å²) in [6.07, 6.45) is 6.83. The first-order valence-corrected chi connectivity index (χ1v) is 6.61. The molecule has 0 radical (unpaired) electrons. The van der Waals surface area contributed by atoms with Crippen molar-refractivity contribution < 1.29 is 9.13 Å². The fourth-order valence-electron chi connectivity index (χ4n) is 2.49. The summed E-state index contributed by atoms with van der Waals surface area (Å²) in [5.74, 6) is 0.468. The molecule has 0 spiro atoms. The Bertz CT molecular complexity index is 400. The third-order valence-electron chi connectivity index (χ3n) is 3.56. The number of rotatable bonds is 4. The molecule has 1 aromatic rings. The van der Waals surface area contributed by atoms with Gasteiger partial charge >= 0.3 is 0 Å². The van der Waals surface area contributed by atoms with Crippen LogP contribution in [0.4, 0.5) is 10.3 Å². The Kier molecular flexibility index (Phi) is 4.33. The van der Waals surface area contributed by atoms with Crippen LogP contribution < -0.4 is 10.1 Å². The fourth-order valence-corrected chi connectivity index (χ4v) is 2.49. The summed E-state index contributed by atoms with van der Waals surface area (Å²) < 4.78 is 19.4. The molecule has 0 amide bonds. The molecular formula is C13H20FN3O. The summed E-state index contributed by atoms with van der Waals surface area (Å²) in [6.45, 7) is 2.15. The van der Waals surface area contributed by atoms with Crippen LogP contribution in [-0.4, -0.2) is 23.1 Å². The van der Waals surface area contributed by atoms with E-state index in [1.807, 2.05) is 0 Å². The van der Waals surface area contributed by atoms with E-state index in [4.69, 9.17) is 4.74 Å². The number of halogens is 1. The van der Waals surface area contributed by atoms with Crippen molar-refractivity contribution in [2.75, 3.05) is 12.4 Å². The summed E-state index contributed by atoms with van der Waals surface area (Å²) in [5.41, 5.74) is 0. The van der Waals surface area contributed by atoms with Gasteiger partial charge in [0.05, 0.1) is 6.20 Å². The summed E-state index contributed by atoms with van der Waals surface area (Å²) in [4.78, 5) is 7.85. The first-order valence-electron chi connectivity index (χ1n) is 6.61. The van der Waals surface area contributed by atoms with Crippen LogP contribution in [0.1, 0.15) is 39.0 Å². The van der Waals surface area contributed by atoms with Gasteiger partial charge in [-0.25, -0.2) is 4.98 Å². The van der Waals surface area contributed by atoms with Crippen molar-refractivity contribution in [3.63, 3.8) is 0 Å². The highest BCUT2D eigenvalue weighted by atomic mass is 19.1. The molecule has 1 fully saturated rings. The summed E-state index contributed by atoms with van der Waals surface area (Å²) in [5, 5.41) is 2.79. The monoisotopic (exact) mass is 253 g/mol. The van der Waals surface area contributed by atoms with Crippen molar-refractivity contribution in [3.05, 3.63) is 12.0 Å². The van der Waals surface area contributed by atoms with Crippen molar-refractivity contribution in [1.29, 1.82) is 0 Å². The van der Waals surface area contributed by atoms with Crippen molar-refractivity contribution in [2.24, 2.45) is 5.92 Å². The molecule has 2 rings (SSSR count). The molecular weight excluding hydrogens is 233 g/mol. The van der Waals surface area contributed by atoms with Crippen molar-refractivity contribution in [1.82, 2.24) is 9.97 Å². The Labute approximate surface area is 107 Å². The van der Waals surface area contributed by atoms with E-state index in [1.54, 1.807) is 7.05 Å². The van der Waals surface area contributed by atoms with Gasteiger partial charge in [0.25, 0.3) is 5.88 Å². The van der Waals surface area contributed by atoms with Crippen LogP contribution in [0.25, 0.3) is 0 Å². The molecule has 1 aromatic heterocycles. The molecule has 1 heterocycles. The number of nitrogens with zero attached hydrogens (tertiary/aromatic N) is 2. The molecule has 100 valence electrons. The molecule has 5 heteroatoms. The third kappa shape index (κ3) is 2.89. The molecule has 2 unspecified atom stereocenters. The van der Waals surface area contributed by atoms with Crippen LogP contribution in [0.2, 0.25) is 0 Å². The van der Waals surface area contributed by atoms with E-state index >= 15 is 0 Å². The minimum Gasteiger partial charge on any atom is -0.472 e. The fraction of sp³-hybridized carbons (Fsp3) is 0.692. The Balaban J connectivity index is 2.11. The van der Waals surface area contributed by atoms with E-state index in [1.165, 1.54) is 6.42 Å². The lowest BCUT2D eigenvalue weighted by molar-refractivity contribution is 0.0813. The zero-order chi connectivity index (χ0) is 13.0. The zero-order valence-corrected chi connectivity index (χ0v) is 10.9. The van der Waals surface area contributed by atoms with Gasteiger partial charge in [-0.1, -0.05) is 13.3 Å². The van der Waals surface area contributed by atoms with Crippen LogP contribution in [0.3, 0.4) is 0 Å². The summed E-state index contributed by atoms with van der Waals surface area (Å²) in [6, 6.07) is 0. The molecule has 1 aliphatic carbocycles. The van der Waals surface area contributed by atoms with Crippen LogP contribution >= 0.6 is 0 Å². The largest absolute Gasteiger partial charge is 0.472 e. The molecule has 0 saturated heterocycles. The molecule has 0 bridgehead atoms. The van der Waals surface area contributed by atoms with Crippen LogP contribution in [0, 0.1) is 11.7 Å². The maximum Gasteiger partial charge on any atom is 0.255 e. The van der Waals surface area contributed by atoms with E-state index in [0.29, 0.717) is 11.9 Å². The summed E-state index contributed by atoms with van der Waals surface area (Å²) in [7, 11) is 1.70. The van der Waals surface area contributed by atoms with E-state index in [2.05, 4.69) is 22.2 Å². The molecule has 0 aliphatic heterocycles. The van der Waals surface area contributed by atoms with Crippen LogP contribution in [0.5, 0.6) is 5.88 Å². The molecule has 0 aromatic carbocycles. The highest BCUT2D eigenvalue weighted by Crippen LogP contribution is 2.30. The van der Waals surface area contributed by atoms with Crippen molar-refractivity contribution >= 4 is 5.95 Å². The maximum atomic E-state index is 13.6. The van der Waals surface area contributed by atoms with Crippen LogP contribution in [-0.2, 0) is 0 Å². The van der Waals surface area contributed by atoms with Gasteiger partial charge < -0.3 is 10.1 Å². The zero-order valence-electron chi connectivity index (χ0n) is 10.9. The molecule has 1 aliphatic rings. The lowest BCUT2D eigenvalue weighted by Crippen LogP contribution is -2.30. The van der Waals surface area contributed by atoms with Gasteiger partial charge in [-0.3, -0.25) is 0 Å². The average molecular weight is 253 g/mol. The van der Waals surface area contributed by atoms with Crippen LogP contribution in [0.15, 0.2) is 6.20 Å². The standard InChI is InChI=1S/C13H20FN3O/c1-3-9-6-4-5-7-11(9)18-12-10(14)8-16-13(15-2)17-12/h8-9,11H,3-7H2,1-2H3,(H,15,16,17). The SMILES string of the molecule is CCC1CCCCC1Oc1nc(NC)ncc1F. The second-order valence-corrected chi connectivity index (χ2v) is 4.71. The van der Waals surface area contributed by atoms with Crippen molar-refractivity contribution in [2.45, 2.75) is 45.1 Å². The first kappa shape index (κ1) is 13.1. The topological polar surface area (TPSA) is 47.0 Å². The third-order valence-corrected chi connectivity index (χ3v) is 3.56.